The van der Waals surface area contributed by atoms with Crippen molar-refractivity contribution >= 4 is 17.7 Å². The van der Waals surface area contributed by atoms with Crippen LogP contribution in [0, 0.1) is 12.8 Å². The number of amides is 1. The minimum absolute atomic E-state index is 0.0198. The Morgan fingerprint density at radius 3 is 2.52 bits per heavy atom. The number of aliphatic carboxylic acids is 1. The third-order valence-corrected chi connectivity index (χ3v) is 4.88. The first kappa shape index (κ1) is 15.8. The Labute approximate surface area is 136 Å². The smallest absolute Gasteiger partial charge is 0.326 e. The maximum atomic E-state index is 12.6. The highest BCUT2D eigenvalue weighted by Crippen LogP contribution is 2.27. The molecule has 1 atom stereocenters. The van der Waals surface area contributed by atoms with Gasteiger partial charge in [-0.2, -0.15) is 0 Å². The van der Waals surface area contributed by atoms with Crippen LogP contribution in [0.1, 0.15) is 31.2 Å². The van der Waals surface area contributed by atoms with Crippen molar-refractivity contribution in [2.75, 3.05) is 24.5 Å². The maximum absolute atomic E-state index is 12.6. The van der Waals surface area contributed by atoms with Gasteiger partial charge in [0.25, 0.3) is 0 Å². The van der Waals surface area contributed by atoms with Gasteiger partial charge in [-0.05, 0) is 44.2 Å². The molecule has 0 radical (unpaired) electrons. The van der Waals surface area contributed by atoms with Gasteiger partial charge in [0.05, 0.1) is 0 Å². The highest BCUT2D eigenvalue weighted by Gasteiger charge is 2.38. The SMILES string of the molecule is Cc1ccc(N2CCC(C(=O)N3CCCC3C(=O)O)CC2)nc1. The van der Waals surface area contributed by atoms with E-state index in [0.717, 1.165) is 43.7 Å². The van der Waals surface area contributed by atoms with Gasteiger partial charge in [-0.15, -0.1) is 0 Å². The molecule has 2 fully saturated rings. The summed E-state index contributed by atoms with van der Waals surface area (Å²) in [5.41, 5.74) is 1.13. The van der Waals surface area contributed by atoms with E-state index in [-0.39, 0.29) is 11.8 Å². The monoisotopic (exact) mass is 317 g/mol. The van der Waals surface area contributed by atoms with Crippen molar-refractivity contribution in [3.63, 3.8) is 0 Å². The number of hydrogen-bond donors (Lipinski definition) is 1. The van der Waals surface area contributed by atoms with E-state index in [2.05, 4.69) is 9.88 Å². The second-order valence-electron chi connectivity index (χ2n) is 6.48. The van der Waals surface area contributed by atoms with Gasteiger partial charge < -0.3 is 14.9 Å². The molecule has 1 amide bonds. The number of likely N-dealkylation sites (tertiary alicyclic amines) is 1. The van der Waals surface area contributed by atoms with E-state index in [0.29, 0.717) is 13.0 Å². The predicted molar refractivity (Wildman–Crippen MR) is 86.3 cm³/mol. The molecule has 0 aromatic carbocycles. The zero-order valence-corrected chi connectivity index (χ0v) is 13.4. The van der Waals surface area contributed by atoms with Crippen LogP contribution in [0.5, 0.6) is 0 Å². The van der Waals surface area contributed by atoms with Crippen molar-refractivity contribution in [3.05, 3.63) is 23.9 Å². The van der Waals surface area contributed by atoms with E-state index < -0.39 is 12.0 Å². The zero-order valence-electron chi connectivity index (χ0n) is 13.4. The average molecular weight is 317 g/mol. The van der Waals surface area contributed by atoms with Gasteiger partial charge in [-0.25, -0.2) is 9.78 Å². The quantitative estimate of drug-likeness (QED) is 0.918. The second-order valence-corrected chi connectivity index (χ2v) is 6.48. The number of rotatable bonds is 3. The Morgan fingerprint density at radius 2 is 1.91 bits per heavy atom. The molecule has 2 saturated heterocycles. The largest absolute Gasteiger partial charge is 0.480 e. The van der Waals surface area contributed by atoms with Crippen LogP contribution in [-0.4, -0.2) is 52.5 Å². The molecule has 2 aliphatic heterocycles. The molecule has 23 heavy (non-hydrogen) atoms. The molecule has 0 bridgehead atoms. The summed E-state index contributed by atoms with van der Waals surface area (Å²) in [5, 5.41) is 9.23. The molecule has 0 spiro atoms. The van der Waals surface area contributed by atoms with Crippen LogP contribution in [0.2, 0.25) is 0 Å². The van der Waals surface area contributed by atoms with Gasteiger partial charge in [-0.1, -0.05) is 6.07 Å². The molecule has 3 heterocycles. The molecular formula is C17H23N3O3. The van der Waals surface area contributed by atoms with E-state index in [9.17, 15) is 14.7 Å². The number of carboxylic acid groups (broad SMARTS) is 1. The lowest BCUT2D eigenvalue weighted by Crippen LogP contribution is -2.46. The van der Waals surface area contributed by atoms with Gasteiger partial charge in [-0.3, -0.25) is 4.79 Å². The standard InChI is InChI=1S/C17H23N3O3/c1-12-4-5-15(18-11-12)19-9-6-13(7-10-19)16(21)20-8-2-3-14(20)17(22)23/h4-5,11,13-14H,2-3,6-10H2,1H3,(H,22,23). The van der Waals surface area contributed by atoms with E-state index >= 15 is 0 Å². The van der Waals surface area contributed by atoms with Crippen LogP contribution in [0.3, 0.4) is 0 Å². The Hall–Kier alpha value is -2.11. The van der Waals surface area contributed by atoms with E-state index in [1.54, 1.807) is 4.90 Å². The van der Waals surface area contributed by atoms with Crippen LogP contribution < -0.4 is 4.90 Å². The fourth-order valence-corrected chi connectivity index (χ4v) is 3.52. The fourth-order valence-electron chi connectivity index (χ4n) is 3.52. The fraction of sp³-hybridized carbons (Fsp3) is 0.588. The molecule has 124 valence electrons. The van der Waals surface area contributed by atoms with Crippen molar-refractivity contribution in [1.82, 2.24) is 9.88 Å². The van der Waals surface area contributed by atoms with Crippen LogP contribution in [0.15, 0.2) is 18.3 Å². The number of carboxylic acids is 1. The summed E-state index contributed by atoms with van der Waals surface area (Å²) in [6, 6.07) is 3.43. The van der Waals surface area contributed by atoms with Crippen LogP contribution >= 0.6 is 0 Å². The number of carbonyl (C=O) groups is 2. The highest BCUT2D eigenvalue weighted by atomic mass is 16.4. The molecule has 3 rings (SSSR count). The second kappa shape index (κ2) is 6.56. The molecule has 1 N–H and O–H groups in total. The van der Waals surface area contributed by atoms with Gasteiger partial charge in [0.15, 0.2) is 0 Å². The summed E-state index contributed by atoms with van der Waals surface area (Å²) >= 11 is 0. The third-order valence-electron chi connectivity index (χ3n) is 4.88. The molecule has 0 saturated carbocycles. The Morgan fingerprint density at radius 1 is 1.17 bits per heavy atom. The first-order valence-electron chi connectivity index (χ1n) is 8.27. The normalized spacial score (nSPS) is 22.4. The van der Waals surface area contributed by atoms with Gasteiger partial charge in [0, 0.05) is 31.7 Å². The summed E-state index contributed by atoms with van der Waals surface area (Å²) in [6.45, 7) is 4.17. The zero-order chi connectivity index (χ0) is 16.4. The van der Waals surface area contributed by atoms with Crippen molar-refractivity contribution in [2.24, 2.45) is 5.92 Å². The first-order valence-corrected chi connectivity index (χ1v) is 8.27. The number of carbonyl (C=O) groups excluding carboxylic acids is 1. The molecule has 1 aromatic rings. The van der Waals surface area contributed by atoms with Gasteiger partial charge in [0.1, 0.15) is 11.9 Å². The van der Waals surface area contributed by atoms with Crippen molar-refractivity contribution in [3.8, 4) is 0 Å². The number of piperidine rings is 1. The Bertz CT molecular complexity index is 579. The van der Waals surface area contributed by atoms with E-state index in [1.807, 2.05) is 25.3 Å². The number of aryl methyl sites for hydroxylation is 1. The molecule has 2 aliphatic rings. The topological polar surface area (TPSA) is 73.7 Å². The van der Waals surface area contributed by atoms with Crippen LogP contribution in [0.25, 0.3) is 0 Å². The van der Waals surface area contributed by atoms with Crippen molar-refractivity contribution < 1.29 is 14.7 Å². The van der Waals surface area contributed by atoms with Gasteiger partial charge >= 0.3 is 5.97 Å². The maximum Gasteiger partial charge on any atom is 0.326 e. The van der Waals surface area contributed by atoms with E-state index in [4.69, 9.17) is 0 Å². The van der Waals surface area contributed by atoms with Crippen LogP contribution in [-0.2, 0) is 9.59 Å². The molecule has 6 nitrogen and oxygen atoms in total. The van der Waals surface area contributed by atoms with E-state index in [1.165, 1.54) is 0 Å². The number of anilines is 1. The summed E-state index contributed by atoms with van der Waals surface area (Å²) in [7, 11) is 0. The first-order chi connectivity index (χ1) is 11.1. The van der Waals surface area contributed by atoms with Crippen LogP contribution in [0.4, 0.5) is 5.82 Å². The summed E-state index contributed by atoms with van der Waals surface area (Å²) in [4.78, 5) is 32.1. The minimum atomic E-state index is -0.878. The summed E-state index contributed by atoms with van der Waals surface area (Å²) < 4.78 is 0. The minimum Gasteiger partial charge on any atom is -0.480 e. The van der Waals surface area contributed by atoms with Gasteiger partial charge in [0.2, 0.25) is 5.91 Å². The lowest BCUT2D eigenvalue weighted by atomic mass is 9.95. The van der Waals surface area contributed by atoms with Crippen molar-refractivity contribution in [2.45, 2.75) is 38.6 Å². The molecule has 6 heteroatoms. The molecule has 0 aliphatic carbocycles. The molecular weight excluding hydrogens is 294 g/mol. The number of nitrogens with zero attached hydrogens (tertiary/aromatic N) is 3. The number of aromatic nitrogens is 1. The lowest BCUT2D eigenvalue weighted by molar-refractivity contribution is -0.150. The number of pyridine rings is 1. The predicted octanol–water partition coefficient (Wildman–Crippen LogP) is 1.68. The molecule has 1 unspecified atom stereocenters. The Kier molecular flexibility index (Phi) is 4.50. The highest BCUT2D eigenvalue weighted by molar-refractivity contribution is 5.85. The summed E-state index contributed by atoms with van der Waals surface area (Å²) in [6.07, 6.45) is 4.74. The number of hydrogen-bond acceptors (Lipinski definition) is 4. The Balaban J connectivity index is 1.59. The van der Waals surface area contributed by atoms with Crippen molar-refractivity contribution in [1.29, 1.82) is 0 Å². The summed E-state index contributed by atoms with van der Waals surface area (Å²) in [5.74, 6) is 0.0336. The lowest BCUT2D eigenvalue weighted by Gasteiger charge is -2.34. The third kappa shape index (κ3) is 3.30. The average Bonchev–Trinajstić information content (AvgIpc) is 3.05. The molecule has 1 aromatic heterocycles.